The first-order valence-corrected chi connectivity index (χ1v) is 4.50. The van der Waals surface area contributed by atoms with Crippen LogP contribution in [0.15, 0.2) is 0 Å². The van der Waals surface area contributed by atoms with Crippen molar-refractivity contribution in [2.75, 3.05) is 20.2 Å². The maximum absolute atomic E-state index is 10.7. The summed E-state index contributed by atoms with van der Waals surface area (Å²) < 4.78 is 4.47. The summed E-state index contributed by atoms with van der Waals surface area (Å²) >= 11 is 0. The number of hydrogen-bond acceptors (Lipinski definition) is 3. The van der Waals surface area contributed by atoms with Gasteiger partial charge in [0.25, 0.3) is 0 Å². The molecule has 0 aromatic rings. The number of hydrogen-bond donors (Lipinski definition) is 0. The Bertz CT molecular complexity index is 159. The normalized spacial score (nSPS) is 9.38. The van der Waals surface area contributed by atoms with E-state index in [0.717, 1.165) is 25.8 Å². The number of rotatable bonds is 7. The van der Waals surface area contributed by atoms with Crippen molar-refractivity contribution in [3.05, 3.63) is 0 Å². The molecule has 0 bridgehead atoms. The van der Waals surface area contributed by atoms with Crippen molar-refractivity contribution in [3.63, 3.8) is 0 Å². The van der Waals surface area contributed by atoms with E-state index in [0.29, 0.717) is 6.54 Å². The molecule has 0 aliphatic carbocycles. The van der Waals surface area contributed by atoms with Crippen LogP contribution in [0.5, 0.6) is 0 Å². The summed E-state index contributed by atoms with van der Waals surface area (Å²) in [4.78, 5) is 22.8. The largest absolute Gasteiger partial charge is 0.469 e. The molecule has 0 atom stereocenters. The third-order valence-electron chi connectivity index (χ3n) is 1.78. The second-order valence-corrected chi connectivity index (χ2v) is 2.82. The molecule has 0 unspecified atom stereocenters. The Morgan fingerprint density at radius 1 is 1.46 bits per heavy atom. The summed E-state index contributed by atoms with van der Waals surface area (Å²) in [6.45, 7) is 3.23. The Morgan fingerprint density at radius 2 is 2.15 bits per heavy atom. The van der Waals surface area contributed by atoms with E-state index in [-0.39, 0.29) is 12.4 Å². The van der Waals surface area contributed by atoms with Crippen LogP contribution >= 0.6 is 0 Å². The summed E-state index contributed by atoms with van der Waals surface area (Å²) in [5, 5.41) is 0. The van der Waals surface area contributed by atoms with Gasteiger partial charge >= 0.3 is 5.97 Å². The van der Waals surface area contributed by atoms with Crippen LogP contribution in [0.4, 0.5) is 0 Å². The summed E-state index contributed by atoms with van der Waals surface area (Å²) in [6, 6.07) is 0. The molecule has 1 amide bonds. The molecule has 0 spiro atoms. The van der Waals surface area contributed by atoms with Crippen molar-refractivity contribution in [2.24, 2.45) is 0 Å². The molecule has 0 N–H and O–H groups in total. The monoisotopic (exact) mass is 187 g/mol. The Hall–Kier alpha value is -1.06. The van der Waals surface area contributed by atoms with Gasteiger partial charge in [-0.25, -0.2) is 0 Å². The molecule has 4 heteroatoms. The van der Waals surface area contributed by atoms with Crippen LogP contribution in [0.3, 0.4) is 0 Å². The molecule has 13 heavy (non-hydrogen) atoms. The van der Waals surface area contributed by atoms with Crippen LogP contribution in [-0.2, 0) is 14.3 Å². The first kappa shape index (κ1) is 11.9. The van der Waals surface area contributed by atoms with E-state index in [1.165, 1.54) is 7.11 Å². The van der Waals surface area contributed by atoms with Crippen molar-refractivity contribution in [2.45, 2.75) is 26.2 Å². The minimum atomic E-state index is -0.275. The fourth-order valence-corrected chi connectivity index (χ4v) is 0.915. The zero-order chi connectivity index (χ0) is 10.1. The highest BCUT2D eigenvalue weighted by molar-refractivity contribution is 5.69. The van der Waals surface area contributed by atoms with Crippen molar-refractivity contribution in [1.82, 2.24) is 4.90 Å². The Morgan fingerprint density at radius 3 is 2.62 bits per heavy atom. The van der Waals surface area contributed by atoms with E-state index in [9.17, 15) is 9.59 Å². The van der Waals surface area contributed by atoms with Gasteiger partial charge in [0, 0.05) is 13.1 Å². The maximum Gasteiger partial charge on any atom is 0.307 e. The second-order valence-electron chi connectivity index (χ2n) is 2.82. The van der Waals surface area contributed by atoms with Crippen LogP contribution in [0.1, 0.15) is 26.2 Å². The minimum Gasteiger partial charge on any atom is -0.469 e. The van der Waals surface area contributed by atoms with Crippen LogP contribution in [-0.4, -0.2) is 37.5 Å². The number of esters is 1. The van der Waals surface area contributed by atoms with Gasteiger partial charge < -0.3 is 9.64 Å². The summed E-state index contributed by atoms with van der Waals surface area (Å²) in [7, 11) is 1.35. The molecular formula is C9H17NO3. The van der Waals surface area contributed by atoms with Gasteiger partial charge in [0.2, 0.25) is 6.41 Å². The summed E-state index contributed by atoms with van der Waals surface area (Å²) in [6.07, 6.45) is 3.07. The number of methoxy groups -OCH3 is 1. The molecule has 0 heterocycles. The lowest BCUT2D eigenvalue weighted by molar-refractivity contribution is -0.141. The van der Waals surface area contributed by atoms with Crippen LogP contribution in [0.25, 0.3) is 0 Å². The maximum atomic E-state index is 10.7. The van der Waals surface area contributed by atoms with Gasteiger partial charge in [-0.15, -0.1) is 0 Å². The van der Waals surface area contributed by atoms with Crippen molar-refractivity contribution in [3.8, 4) is 0 Å². The number of carbonyl (C=O) groups is 2. The summed E-state index contributed by atoms with van der Waals surface area (Å²) in [5.74, 6) is -0.275. The first-order chi connectivity index (χ1) is 6.24. The number of carbonyl (C=O) groups excluding carboxylic acids is 2. The number of nitrogens with zero attached hydrogens (tertiary/aromatic N) is 1. The van der Waals surface area contributed by atoms with Gasteiger partial charge in [0.15, 0.2) is 0 Å². The highest BCUT2D eigenvalue weighted by Crippen LogP contribution is 1.94. The average Bonchev–Trinajstić information content (AvgIpc) is 2.17. The zero-order valence-electron chi connectivity index (χ0n) is 8.28. The lowest BCUT2D eigenvalue weighted by Gasteiger charge is -2.15. The Kier molecular flexibility index (Phi) is 6.96. The number of ether oxygens (including phenoxy) is 1. The number of unbranched alkanes of at least 4 members (excludes halogenated alkanes) is 1. The molecule has 0 aliphatic heterocycles. The van der Waals surface area contributed by atoms with E-state index in [2.05, 4.69) is 11.7 Å². The first-order valence-electron chi connectivity index (χ1n) is 4.50. The molecule has 4 nitrogen and oxygen atoms in total. The van der Waals surface area contributed by atoms with Gasteiger partial charge in [-0.05, 0) is 6.42 Å². The molecular weight excluding hydrogens is 170 g/mol. The molecule has 0 aromatic heterocycles. The fraction of sp³-hybridized carbons (Fsp3) is 0.778. The van der Waals surface area contributed by atoms with Crippen molar-refractivity contribution < 1.29 is 14.3 Å². The van der Waals surface area contributed by atoms with E-state index in [1.807, 2.05) is 0 Å². The van der Waals surface area contributed by atoms with Gasteiger partial charge in [-0.2, -0.15) is 0 Å². The minimum absolute atomic E-state index is 0.275. The van der Waals surface area contributed by atoms with Gasteiger partial charge in [-0.1, -0.05) is 13.3 Å². The molecule has 0 saturated heterocycles. The smallest absolute Gasteiger partial charge is 0.307 e. The van der Waals surface area contributed by atoms with E-state index in [1.54, 1.807) is 4.90 Å². The standard InChI is InChI=1S/C9H17NO3/c1-3-4-6-10(8-11)7-5-9(12)13-2/h8H,3-7H2,1-2H3. The van der Waals surface area contributed by atoms with Gasteiger partial charge in [0.1, 0.15) is 0 Å². The number of amides is 1. The molecule has 0 aromatic carbocycles. The predicted octanol–water partition coefficient (Wildman–Crippen LogP) is 0.808. The van der Waals surface area contributed by atoms with Crippen LogP contribution in [0.2, 0.25) is 0 Å². The van der Waals surface area contributed by atoms with E-state index in [4.69, 9.17) is 0 Å². The molecule has 76 valence electrons. The lowest BCUT2D eigenvalue weighted by atomic mass is 10.3. The molecule has 0 radical (unpaired) electrons. The molecule has 0 saturated carbocycles. The summed E-state index contributed by atoms with van der Waals surface area (Å²) in [5.41, 5.74) is 0. The quantitative estimate of drug-likeness (QED) is 0.437. The van der Waals surface area contributed by atoms with E-state index < -0.39 is 0 Å². The van der Waals surface area contributed by atoms with Crippen molar-refractivity contribution >= 4 is 12.4 Å². The Balaban J connectivity index is 3.58. The topological polar surface area (TPSA) is 46.6 Å². The second kappa shape index (κ2) is 7.58. The molecule has 0 aliphatic rings. The van der Waals surface area contributed by atoms with Crippen LogP contribution < -0.4 is 0 Å². The average molecular weight is 187 g/mol. The van der Waals surface area contributed by atoms with Gasteiger partial charge in [0.05, 0.1) is 13.5 Å². The fourth-order valence-electron chi connectivity index (χ4n) is 0.915. The highest BCUT2D eigenvalue weighted by Gasteiger charge is 2.04. The zero-order valence-corrected chi connectivity index (χ0v) is 8.28. The third-order valence-corrected chi connectivity index (χ3v) is 1.78. The lowest BCUT2D eigenvalue weighted by Crippen LogP contribution is -2.26. The predicted molar refractivity (Wildman–Crippen MR) is 49.2 cm³/mol. The van der Waals surface area contributed by atoms with Crippen LogP contribution in [0, 0.1) is 0 Å². The molecule has 0 rings (SSSR count). The van der Waals surface area contributed by atoms with E-state index >= 15 is 0 Å². The highest BCUT2D eigenvalue weighted by atomic mass is 16.5. The Labute approximate surface area is 78.9 Å². The molecule has 0 fully saturated rings. The third kappa shape index (κ3) is 6.13. The van der Waals surface area contributed by atoms with Crippen molar-refractivity contribution in [1.29, 1.82) is 0 Å². The van der Waals surface area contributed by atoms with Gasteiger partial charge in [-0.3, -0.25) is 9.59 Å². The SMILES string of the molecule is CCCCN(C=O)CCC(=O)OC.